The van der Waals surface area contributed by atoms with Crippen LogP contribution in [0, 0.1) is 12.7 Å². The van der Waals surface area contributed by atoms with Gasteiger partial charge in [-0.1, -0.05) is 18.2 Å². The van der Waals surface area contributed by atoms with Crippen molar-refractivity contribution in [3.8, 4) is 0 Å². The Hall–Kier alpha value is -2.93. The topological polar surface area (TPSA) is 70.1 Å². The third-order valence-electron chi connectivity index (χ3n) is 4.54. The van der Waals surface area contributed by atoms with Gasteiger partial charge in [-0.3, -0.25) is 0 Å². The van der Waals surface area contributed by atoms with Gasteiger partial charge in [0.15, 0.2) is 0 Å². The average Bonchev–Trinajstić information content (AvgIpc) is 3.00. The highest BCUT2D eigenvalue weighted by molar-refractivity contribution is 6.68. The zero-order valence-corrected chi connectivity index (χ0v) is 14.3. The second kappa shape index (κ2) is 6.76. The van der Waals surface area contributed by atoms with Gasteiger partial charge in [0.2, 0.25) is 5.95 Å². The van der Waals surface area contributed by atoms with E-state index in [1.165, 1.54) is 6.07 Å². The van der Waals surface area contributed by atoms with Crippen LogP contribution in [0.1, 0.15) is 11.1 Å². The van der Waals surface area contributed by atoms with E-state index in [1.54, 1.807) is 24.4 Å². The highest BCUT2D eigenvalue weighted by Gasteiger charge is 2.24. The number of para-hydroxylation sites is 1. The van der Waals surface area contributed by atoms with Crippen molar-refractivity contribution in [2.45, 2.75) is 19.7 Å². The van der Waals surface area contributed by atoms with Crippen molar-refractivity contribution in [3.63, 3.8) is 0 Å². The Kier molecular flexibility index (Phi) is 4.30. The van der Waals surface area contributed by atoms with Gasteiger partial charge in [-0.2, -0.15) is 4.98 Å². The van der Waals surface area contributed by atoms with Gasteiger partial charge >= 0.3 is 6.92 Å². The number of nitrogens with one attached hydrogen (secondary N) is 2. The summed E-state index contributed by atoms with van der Waals surface area (Å²) in [6, 6.07) is 12.3. The van der Waals surface area contributed by atoms with Gasteiger partial charge < -0.3 is 15.7 Å². The van der Waals surface area contributed by atoms with Crippen LogP contribution in [0.3, 0.4) is 0 Å². The van der Waals surface area contributed by atoms with E-state index in [1.807, 2.05) is 25.1 Å². The molecule has 0 radical (unpaired) electrons. The molecule has 0 amide bonds. The van der Waals surface area contributed by atoms with E-state index in [9.17, 15) is 9.41 Å². The summed E-state index contributed by atoms with van der Waals surface area (Å²) < 4.78 is 13.9. The molecular weight excluding hydrogens is 330 g/mol. The monoisotopic (exact) mass is 348 g/mol. The van der Waals surface area contributed by atoms with E-state index in [0.29, 0.717) is 17.5 Å². The normalized spacial score (nSPS) is 12.8. The number of aryl methyl sites for hydroxylation is 2. The summed E-state index contributed by atoms with van der Waals surface area (Å²) in [5.74, 6) is 0.634. The first-order valence-corrected chi connectivity index (χ1v) is 8.53. The van der Waals surface area contributed by atoms with E-state index in [2.05, 4.69) is 20.6 Å². The minimum Gasteiger partial charge on any atom is -0.446 e. The molecule has 7 heteroatoms. The maximum atomic E-state index is 13.9. The minimum absolute atomic E-state index is 0.336. The zero-order chi connectivity index (χ0) is 18.1. The van der Waals surface area contributed by atoms with E-state index < -0.39 is 0 Å². The van der Waals surface area contributed by atoms with Crippen molar-refractivity contribution < 1.29 is 9.41 Å². The number of benzene rings is 2. The summed E-state index contributed by atoms with van der Waals surface area (Å²) in [6.45, 7) is 1.50. The first-order chi connectivity index (χ1) is 12.6. The number of halogens is 1. The molecule has 5 nitrogen and oxygen atoms in total. The number of anilines is 4. The lowest BCUT2D eigenvalue weighted by Crippen LogP contribution is -2.25. The predicted molar refractivity (Wildman–Crippen MR) is 102 cm³/mol. The van der Waals surface area contributed by atoms with E-state index in [0.717, 1.165) is 35.0 Å². The molecule has 130 valence electrons. The molecule has 0 spiro atoms. The van der Waals surface area contributed by atoms with Crippen LogP contribution in [0.2, 0.25) is 6.32 Å². The van der Waals surface area contributed by atoms with Gasteiger partial charge in [-0.05, 0) is 55.0 Å². The van der Waals surface area contributed by atoms with Gasteiger partial charge in [-0.15, -0.1) is 0 Å². The number of rotatable bonds is 4. The van der Waals surface area contributed by atoms with Crippen molar-refractivity contribution in [1.29, 1.82) is 0 Å². The molecule has 2 heterocycles. The SMILES string of the molecule is Cc1cnc(Nc2ccc3c(c2)CCB3O)nc1Nc1ccccc1F. The largest absolute Gasteiger partial charge is 0.446 e. The maximum Gasteiger partial charge on any atom is 0.324 e. The second-order valence-corrected chi connectivity index (χ2v) is 6.42. The van der Waals surface area contributed by atoms with Crippen LogP contribution in [0.4, 0.5) is 27.5 Å². The summed E-state index contributed by atoms with van der Waals surface area (Å²) in [6.07, 6.45) is 3.31. The van der Waals surface area contributed by atoms with Gasteiger partial charge in [0, 0.05) is 17.4 Å². The third-order valence-corrected chi connectivity index (χ3v) is 4.54. The minimum atomic E-state index is -0.369. The molecule has 0 aliphatic carbocycles. The quantitative estimate of drug-likeness (QED) is 0.632. The average molecular weight is 348 g/mol. The number of fused-ring (bicyclic) bond motifs is 1. The molecule has 1 aliphatic rings. The summed E-state index contributed by atoms with van der Waals surface area (Å²) in [4.78, 5) is 8.76. The molecule has 0 unspecified atom stereocenters. The first kappa shape index (κ1) is 16.5. The van der Waals surface area contributed by atoms with E-state index >= 15 is 0 Å². The standard InChI is InChI=1S/C19H18BFN4O/c1-12-11-22-19(25-18(12)24-17-5-3-2-4-16(17)21)23-14-6-7-15-13(10-14)8-9-20(15)26/h2-7,10-11,26H,8-9H2,1H3,(H2,22,23,24,25). The Morgan fingerprint density at radius 1 is 1.15 bits per heavy atom. The van der Waals surface area contributed by atoms with Gasteiger partial charge in [0.25, 0.3) is 0 Å². The van der Waals surface area contributed by atoms with Crippen LogP contribution in [0.5, 0.6) is 0 Å². The lowest BCUT2D eigenvalue weighted by Gasteiger charge is -2.12. The van der Waals surface area contributed by atoms with Crippen LogP contribution < -0.4 is 16.1 Å². The maximum absolute atomic E-state index is 13.9. The molecule has 3 N–H and O–H groups in total. The Labute approximate surface area is 151 Å². The van der Waals surface area contributed by atoms with Gasteiger partial charge in [-0.25, -0.2) is 9.37 Å². The third kappa shape index (κ3) is 3.26. The molecule has 0 saturated carbocycles. The number of aromatic nitrogens is 2. The second-order valence-electron chi connectivity index (χ2n) is 6.42. The van der Waals surface area contributed by atoms with Crippen LogP contribution in [-0.2, 0) is 6.42 Å². The van der Waals surface area contributed by atoms with Crippen LogP contribution in [0.15, 0.2) is 48.7 Å². The van der Waals surface area contributed by atoms with Crippen molar-refractivity contribution >= 4 is 35.5 Å². The Morgan fingerprint density at radius 3 is 2.85 bits per heavy atom. The highest BCUT2D eigenvalue weighted by atomic mass is 19.1. The fraction of sp³-hybridized carbons (Fsp3) is 0.158. The fourth-order valence-electron chi connectivity index (χ4n) is 3.12. The molecule has 0 saturated heterocycles. The van der Waals surface area contributed by atoms with E-state index in [-0.39, 0.29) is 12.7 Å². The lowest BCUT2D eigenvalue weighted by molar-refractivity contribution is 0.587. The summed E-state index contributed by atoms with van der Waals surface area (Å²) >= 11 is 0. The molecule has 1 aromatic heterocycles. The summed E-state index contributed by atoms with van der Waals surface area (Å²) in [7, 11) is 0. The molecule has 1 aliphatic heterocycles. The predicted octanol–water partition coefficient (Wildman–Crippen LogP) is 3.16. The molecule has 2 aromatic carbocycles. The molecule has 26 heavy (non-hydrogen) atoms. The van der Waals surface area contributed by atoms with Crippen molar-refractivity contribution in [1.82, 2.24) is 9.97 Å². The zero-order valence-electron chi connectivity index (χ0n) is 14.3. The van der Waals surface area contributed by atoms with Gasteiger partial charge in [0.1, 0.15) is 11.6 Å². The van der Waals surface area contributed by atoms with Crippen LogP contribution in [-0.4, -0.2) is 21.9 Å². The molecule has 0 fully saturated rings. The Balaban J connectivity index is 1.57. The highest BCUT2D eigenvalue weighted by Crippen LogP contribution is 2.23. The molecule has 3 aromatic rings. The Bertz CT molecular complexity index is 966. The Morgan fingerprint density at radius 2 is 2.00 bits per heavy atom. The number of hydrogen-bond acceptors (Lipinski definition) is 5. The number of nitrogens with zero attached hydrogens (tertiary/aromatic N) is 2. The molecule has 4 rings (SSSR count). The number of hydrogen-bond donors (Lipinski definition) is 3. The molecule has 0 bridgehead atoms. The first-order valence-electron chi connectivity index (χ1n) is 8.53. The van der Waals surface area contributed by atoms with Gasteiger partial charge in [0.05, 0.1) is 5.69 Å². The lowest BCUT2D eigenvalue weighted by atomic mass is 9.63. The van der Waals surface area contributed by atoms with Crippen molar-refractivity contribution in [2.24, 2.45) is 0 Å². The van der Waals surface area contributed by atoms with Crippen LogP contribution >= 0.6 is 0 Å². The van der Waals surface area contributed by atoms with Crippen molar-refractivity contribution in [2.75, 3.05) is 10.6 Å². The van der Waals surface area contributed by atoms with E-state index in [4.69, 9.17) is 0 Å². The smallest absolute Gasteiger partial charge is 0.324 e. The van der Waals surface area contributed by atoms with Crippen LogP contribution in [0.25, 0.3) is 0 Å². The summed E-state index contributed by atoms with van der Waals surface area (Å²) in [5, 5.41) is 16.1. The van der Waals surface area contributed by atoms with Crippen molar-refractivity contribution in [3.05, 3.63) is 65.6 Å². The summed E-state index contributed by atoms with van der Waals surface area (Å²) in [5.41, 5.74) is 4.17. The molecular formula is C19H18BFN4O. The fourth-order valence-corrected chi connectivity index (χ4v) is 3.12. The molecule has 0 atom stereocenters.